The third-order valence-corrected chi connectivity index (χ3v) is 3.74. The SMILES string of the molecule is CCC(CNC)C(N)c1cc(C)c(C)cc1C. The molecule has 0 bridgehead atoms. The Bertz CT molecular complexity index is 371. The summed E-state index contributed by atoms with van der Waals surface area (Å²) in [6, 6.07) is 4.64. The van der Waals surface area contributed by atoms with Crippen LogP contribution in [-0.4, -0.2) is 13.6 Å². The first kappa shape index (κ1) is 14.2. The molecule has 1 aromatic carbocycles. The van der Waals surface area contributed by atoms with Crippen molar-refractivity contribution in [2.24, 2.45) is 11.7 Å². The summed E-state index contributed by atoms with van der Waals surface area (Å²) < 4.78 is 0. The molecule has 0 aromatic heterocycles. The Balaban J connectivity index is 3.02. The maximum absolute atomic E-state index is 6.42. The zero-order valence-electron chi connectivity index (χ0n) is 11.8. The van der Waals surface area contributed by atoms with Gasteiger partial charge in [-0.2, -0.15) is 0 Å². The van der Waals surface area contributed by atoms with Gasteiger partial charge in [0.25, 0.3) is 0 Å². The minimum Gasteiger partial charge on any atom is -0.324 e. The van der Waals surface area contributed by atoms with Crippen LogP contribution in [0.4, 0.5) is 0 Å². The summed E-state index contributed by atoms with van der Waals surface area (Å²) >= 11 is 0. The molecule has 1 aromatic rings. The van der Waals surface area contributed by atoms with Crippen molar-refractivity contribution in [2.75, 3.05) is 13.6 Å². The van der Waals surface area contributed by atoms with Crippen molar-refractivity contribution in [1.29, 1.82) is 0 Å². The average molecular weight is 234 g/mol. The first-order chi connectivity index (χ1) is 8.01. The normalized spacial score (nSPS) is 14.7. The van der Waals surface area contributed by atoms with Crippen molar-refractivity contribution in [1.82, 2.24) is 5.32 Å². The molecule has 0 aliphatic heterocycles. The Kier molecular flexibility index (Phi) is 5.16. The Labute approximate surface area is 106 Å². The summed E-state index contributed by atoms with van der Waals surface area (Å²) in [5.41, 5.74) is 11.7. The topological polar surface area (TPSA) is 38.0 Å². The molecule has 0 aliphatic carbocycles. The van der Waals surface area contributed by atoms with Crippen LogP contribution < -0.4 is 11.1 Å². The lowest BCUT2D eigenvalue weighted by Crippen LogP contribution is -2.29. The molecule has 0 fully saturated rings. The van der Waals surface area contributed by atoms with E-state index in [-0.39, 0.29) is 6.04 Å². The number of hydrogen-bond acceptors (Lipinski definition) is 2. The molecule has 0 aliphatic rings. The molecule has 0 amide bonds. The zero-order chi connectivity index (χ0) is 13.0. The van der Waals surface area contributed by atoms with E-state index in [0.29, 0.717) is 5.92 Å². The number of hydrogen-bond donors (Lipinski definition) is 2. The van der Waals surface area contributed by atoms with Gasteiger partial charge in [0.2, 0.25) is 0 Å². The van der Waals surface area contributed by atoms with Crippen LogP contribution in [0.25, 0.3) is 0 Å². The van der Waals surface area contributed by atoms with E-state index in [2.05, 4.69) is 45.1 Å². The molecule has 0 heterocycles. The van der Waals surface area contributed by atoms with Crippen LogP contribution in [0.15, 0.2) is 12.1 Å². The Morgan fingerprint density at radius 2 is 1.71 bits per heavy atom. The summed E-state index contributed by atoms with van der Waals surface area (Å²) in [5.74, 6) is 0.501. The number of nitrogens with one attached hydrogen (secondary N) is 1. The van der Waals surface area contributed by atoms with Crippen molar-refractivity contribution in [2.45, 2.75) is 40.2 Å². The highest BCUT2D eigenvalue weighted by atomic mass is 14.8. The second kappa shape index (κ2) is 6.18. The van der Waals surface area contributed by atoms with Crippen molar-refractivity contribution >= 4 is 0 Å². The standard InChI is InChI=1S/C15H26N2/c1-6-13(9-17-5)15(16)14-8-11(3)10(2)7-12(14)4/h7-8,13,15,17H,6,9,16H2,1-5H3. The highest BCUT2D eigenvalue weighted by Gasteiger charge is 2.19. The molecule has 2 atom stereocenters. The molecular formula is C15H26N2. The summed E-state index contributed by atoms with van der Waals surface area (Å²) in [4.78, 5) is 0. The van der Waals surface area contributed by atoms with Gasteiger partial charge in [-0.3, -0.25) is 0 Å². The maximum atomic E-state index is 6.42. The van der Waals surface area contributed by atoms with Gasteiger partial charge in [0.1, 0.15) is 0 Å². The van der Waals surface area contributed by atoms with Crippen LogP contribution in [0.1, 0.15) is 41.6 Å². The molecule has 2 heteroatoms. The molecule has 2 nitrogen and oxygen atoms in total. The number of benzene rings is 1. The van der Waals surface area contributed by atoms with Gasteiger partial charge < -0.3 is 11.1 Å². The van der Waals surface area contributed by atoms with Crippen molar-refractivity contribution in [3.63, 3.8) is 0 Å². The number of nitrogens with two attached hydrogens (primary N) is 1. The first-order valence-electron chi connectivity index (χ1n) is 6.49. The summed E-state index contributed by atoms with van der Waals surface area (Å²) in [7, 11) is 1.99. The minimum atomic E-state index is 0.131. The van der Waals surface area contributed by atoms with Crippen LogP contribution in [0.3, 0.4) is 0 Å². The molecule has 2 unspecified atom stereocenters. The zero-order valence-corrected chi connectivity index (χ0v) is 11.8. The van der Waals surface area contributed by atoms with E-state index in [1.54, 1.807) is 0 Å². The summed E-state index contributed by atoms with van der Waals surface area (Å²) in [6.07, 6.45) is 1.11. The van der Waals surface area contributed by atoms with Crippen LogP contribution in [0.5, 0.6) is 0 Å². The molecule has 96 valence electrons. The second-order valence-electron chi connectivity index (χ2n) is 5.04. The predicted molar refractivity (Wildman–Crippen MR) is 75.3 cm³/mol. The lowest BCUT2D eigenvalue weighted by Gasteiger charge is -2.25. The third kappa shape index (κ3) is 3.30. The molecule has 0 radical (unpaired) electrons. The van der Waals surface area contributed by atoms with Crippen LogP contribution >= 0.6 is 0 Å². The van der Waals surface area contributed by atoms with Gasteiger partial charge in [-0.05, 0) is 62.5 Å². The Hall–Kier alpha value is -0.860. The van der Waals surface area contributed by atoms with Crippen molar-refractivity contribution < 1.29 is 0 Å². The molecule has 0 spiro atoms. The van der Waals surface area contributed by atoms with Gasteiger partial charge in [-0.1, -0.05) is 25.5 Å². The van der Waals surface area contributed by atoms with Gasteiger partial charge in [0.15, 0.2) is 0 Å². The van der Waals surface area contributed by atoms with Gasteiger partial charge >= 0.3 is 0 Å². The van der Waals surface area contributed by atoms with Crippen molar-refractivity contribution in [3.8, 4) is 0 Å². The van der Waals surface area contributed by atoms with E-state index < -0.39 is 0 Å². The third-order valence-electron chi connectivity index (χ3n) is 3.74. The fourth-order valence-electron chi connectivity index (χ4n) is 2.38. The number of rotatable bonds is 5. The highest BCUT2D eigenvalue weighted by molar-refractivity contribution is 5.38. The van der Waals surface area contributed by atoms with E-state index in [1.165, 1.54) is 22.3 Å². The molecule has 1 rings (SSSR count). The smallest absolute Gasteiger partial charge is 0.0338 e. The summed E-state index contributed by atoms with van der Waals surface area (Å²) in [6.45, 7) is 9.66. The molecular weight excluding hydrogens is 208 g/mol. The monoisotopic (exact) mass is 234 g/mol. The fourth-order valence-corrected chi connectivity index (χ4v) is 2.38. The van der Waals surface area contributed by atoms with Crippen LogP contribution in [-0.2, 0) is 0 Å². The Morgan fingerprint density at radius 3 is 2.24 bits per heavy atom. The highest BCUT2D eigenvalue weighted by Crippen LogP contribution is 2.26. The lowest BCUT2D eigenvalue weighted by atomic mass is 9.87. The quantitative estimate of drug-likeness (QED) is 0.822. The molecule has 0 saturated heterocycles. The van der Waals surface area contributed by atoms with Crippen molar-refractivity contribution in [3.05, 3.63) is 34.4 Å². The van der Waals surface area contributed by atoms with Gasteiger partial charge in [0.05, 0.1) is 0 Å². The summed E-state index contributed by atoms with van der Waals surface area (Å²) in [5, 5.41) is 3.23. The average Bonchev–Trinajstić information content (AvgIpc) is 2.30. The van der Waals surface area contributed by atoms with Crippen LogP contribution in [0.2, 0.25) is 0 Å². The lowest BCUT2D eigenvalue weighted by molar-refractivity contribution is 0.402. The minimum absolute atomic E-state index is 0.131. The maximum Gasteiger partial charge on any atom is 0.0338 e. The number of aryl methyl sites for hydroxylation is 3. The molecule has 3 N–H and O–H groups in total. The first-order valence-corrected chi connectivity index (χ1v) is 6.49. The van der Waals surface area contributed by atoms with Crippen LogP contribution in [0, 0.1) is 26.7 Å². The second-order valence-corrected chi connectivity index (χ2v) is 5.04. The fraction of sp³-hybridized carbons (Fsp3) is 0.600. The van der Waals surface area contributed by atoms with E-state index in [9.17, 15) is 0 Å². The Morgan fingerprint density at radius 1 is 1.12 bits per heavy atom. The van der Waals surface area contributed by atoms with Gasteiger partial charge in [-0.25, -0.2) is 0 Å². The molecule has 0 saturated carbocycles. The van der Waals surface area contributed by atoms with E-state index in [0.717, 1.165) is 13.0 Å². The van der Waals surface area contributed by atoms with E-state index in [1.807, 2.05) is 7.05 Å². The van der Waals surface area contributed by atoms with Gasteiger partial charge in [0, 0.05) is 6.04 Å². The van der Waals surface area contributed by atoms with Gasteiger partial charge in [-0.15, -0.1) is 0 Å². The van der Waals surface area contributed by atoms with E-state index in [4.69, 9.17) is 5.73 Å². The predicted octanol–water partition coefficient (Wildman–Crippen LogP) is 2.86. The molecule has 17 heavy (non-hydrogen) atoms. The van der Waals surface area contributed by atoms with E-state index >= 15 is 0 Å². The largest absolute Gasteiger partial charge is 0.324 e.